The number of amides is 1. The first kappa shape index (κ1) is 21.7. The Morgan fingerprint density at radius 2 is 1.85 bits per heavy atom. The molecule has 0 aliphatic heterocycles. The molecule has 8 heteroatoms. The number of carbonyl (C=O) groups is 1. The van der Waals surface area contributed by atoms with E-state index in [0.29, 0.717) is 17.0 Å². The fourth-order valence-corrected chi connectivity index (χ4v) is 5.29. The number of benzene rings is 2. The SMILES string of the molecule is NC(=O)c1cc(-c2cnn(CC3CCCCC3)c2)cc2c1-c1ccccc1C2(O)C(F)(F)F. The summed E-state index contributed by atoms with van der Waals surface area (Å²) in [5, 5.41) is 15.4. The number of carbonyl (C=O) groups excluding carboxylic acids is 1. The second kappa shape index (κ2) is 7.73. The Kier molecular flexibility index (Phi) is 5.08. The van der Waals surface area contributed by atoms with Gasteiger partial charge in [-0.15, -0.1) is 0 Å². The molecule has 1 aromatic heterocycles. The maximum absolute atomic E-state index is 14.3. The summed E-state index contributed by atoms with van der Waals surface area (Å²) in [6.07, 6.45) is 4.27. The molecule has 1 fully saturated rings. The molecule has 2 aliphatic rings. The van der Waals surface area contributed by atoms with Crippen molar-refractivity contribution in [2.24, 2.45) is 11.7 Å². The summed E-state index contributed by atoms with van der Waals surface area (Å²) < 4.78 is 44.6. The summed E-state index contributed by atoms with van der Waals surface area (Å²) in [5.74, 6) is -0.332. The van der Waals surface area contributed by atoms with Crippen LogP contribution in [-0.2, 0) is 12.1 Å². The van der Waals surface area contributed by atoms with E-state index >= 15 is 0 Å². The van der Waals surface area contributed by atoms with Crippen LogP contribution in [0.25, 0.3) is 22.3 Å². The fraction of sp³-hybridized carbons (Fsp3) is 0.360. The lowest BCUT2D eigenvalue weighted by Crippen LogP contribution is -2.41. The molecular weight excluding hydrogens is 431 g/mol. The number of fused-ring (bicyclic) bond motifs is 3. The van der Waals surface area contributed by atoms with Crippen LogP contribution in [0.5, 0.6) is 0 Å². The van der Waals surface area contributed by atoms with Gasteiger partial charge in [0.25, 0.3) is 0 Å². The minimum Gasteiger partial charge on any atom is -0.372 e. The summed E-state index contributed by atoms with van der Waals surface area (Å²) >= 11 is 0. The molecule has 0 saturated heterocycles. The highest BCUT2D eigenvalue weighted by Gasteiger charge is 2.61. The summed E-state index contributed by atoms with van der Waals surface area (Å²) in [5.41, 5.74) is 2.70. The number of alkyl halides is 3. The molecule has 1 heterocycles. The number of aromatic nitrogens is 2. The number of nitrogens with two attached hydrogens (primary N) is 1. The first-order valence-corrected chi connectivity index (χ1v) is 11.1. The molecule has 0 spiro atoms. The third kappa shape index (κ3) is 3.44. The second-order valence-corrected chi connectivity index (χ2v) is 9.02. The highest BCUT2D eigenvalue weighted by molar-refractivity contribution is 6.04. The maximum atomic E-state index is 14.3. The molecule has 2 aromatic carbocycles. The predicted octanol–water partition coefficient (Wildman–Crippen LogP) is 5.01. The number of hydrogen-bond donors (Lipinski definition) is 2. The number of aliphatic hydroxyl groups is 1. The summed E-state index contributed by atoms with van der Waals surface area (Å²) in [4.78, 5) is 12.3. The van der Waals surface area contributed by atoms with Gasteiger partial charge in [-0.25, -0.2) is 0 Å². The summed E-state index contributed by atoms with van der Waals surface area (Å²) in [6.45, 7) is 0.742. The van der Waals surface area contributed by atoms with Gasteiger partial charge in [0, 0.05) is 40.6 Å². The van der Waals surface area contributed by atoms with E-state index in [1.54, 1.807) is 23.1 Å². The van der Waals surface area contributed by atoms with Crippen molar-refractivity contribution in [3.05, 3.63) is 65.5 Å². The highest BCUT2D eigenvalue weighted by Crippen LogP contribution is 2.56. The number of rotatable bonds is 4. The zero-order chi connectivity index (χ0) is 23.4. The number of hydrogen-bond acceptors (Lipinski definition) is 3. The molecule has 3 N–H and O–H groups in total. The molecule has 1 saturated carbocycles. The average molecular weight is 455 g/mol. The quantitative estimate of drug-likeness (QED) is 0.581. The van der Waals surface area contributed by atoms with Gasteiger partial charge < -0.3 is 10.8 Å². The molecule has 0 bridgehead atoms. The van der Waals surface area contributed by atoms with Crippen LogP contribution in [0, 0.1) is 5.92 Å². The molecule has 3 aromatic rings. The van der Waals surface area contributed by atoms with Gasteiger partial charge in [-0.2, -0.15) is 18.3 Å². The van der Waals surface area contributed by atoms with Crippen molar-refractivity contribution < 1.29 is 23.1 Å². The van der Waals surface area contributed by atoms with E-state index in [-0.39, 0.29) is 27.8 Å². The fourth-order valence-electron chi connectivity index (χ4n) is 5.29. The van der Waals surface area contributed by atoms with Gasteiger partial charge in [0.15, 0.2) is 0 Å². The molecular formula is C25H24F3N3O2. The minimum absolute atomic E-state index is 0.0243. The van der Waals surface area contributed by atoms with Crippen molar-refractivity contribution in [3.63, 3.8) is 0 Å². The lowest BCUT2D eigenvalue weighted by atomic mass is 9.88. The van der Waals surface area contributed by atoms with Crippen molar-refractivity contribution in [1.82, 2.24) is 9.78 Å². The zero-order valence-electron chi connectivity index (χ0n) is 17.9. The third-order valence-electron chi connectivity index (χ3n) is 6.93. The van der Waals surface area contributed by atoms with Crippen molar-refractivity contribution in [3.8, 4) is 22.3 Å². The smallest absolute Gasteiger partial charge is 0.372 e. The molecule has 5 nitrogen and oxygen atoms in total. The Morgan fingerprint density at radius 1 is 1.12 bits per heavy atom. The number of primary amides is 1. The van der Waals surface area contributed by atoms with Crippen LogP contribution in [0.1, 0.15) is 53.6 Å². The van der Waals surface area contributed by atoms with E-state index in [2.05, 4.69) is 5.10 Å². The average Bonchev–Trinajstić information content (AvgIpc) is 3.35. The Labute approximate surface area is 189 Å². The van der Waals surface area contributed by atoms with E-state index < -0.39 is 17.7 Å². The Hall–Kier alpha value is -3.13. The first-order chi connectivity index (χ1) is 15.7. The van der Waals surface area contributed by atoms with E-state index in [4.69, 9.17) is 5.73 Å². The van der Waals surface area contributed by atoms with Crippen molar-refractivity contribution in [2.75, 3.05) is 0 Å². The molecule has 5 rings (SSSR count). The molecule has 2 aliphatic carbocycles. The molecule has 1 amide bonds. The molecule has 0 radical (unpaired) electrons. The van der Waals surface area contributed by atoms with Crippen LogP contribution in [0.3, 0.4) is 0 Å². The zero-order valence-corrected chi connectivity index (χ0v) is 17.9. The van der Waals surface area contributed by atoms with Gasteiger partial charge in [-0.3, -0.25) is 9.48 Å². The molecule has 1 atom stereocenters. The van der Waals surface area contributed by atoms with Gasteiger partial charge in [0.1, 0.15) is 0 Å². The van der Waals surface area contributed by atoms with E-state index in [1.807, 2.05) is 0 Å². The minimum atomic E-state index is -4.99. The maximum Gasteiger partial charge on any atom is 0.425 e. The van der Waals surface area contributed by atoms with E-state index in [1.165, 1.54) is 49.6 Å². The Balaban J connectivity index is 1.63. The predicted molar refractivity (Wildman–Crippen MR) is 117 cm³/mol. The summed E-state index contributed by atoms with van der Waals surface area (Å²) in [7, 11) is 0. The van der Waals surface area contributed by atoms with Gasteiger partial charge in [-0.1, -0.05) is 43.5 Å². The Morgan fingerprint density at radius 3 is 2.55 bits per heavy atom. The van der Waals surface area contributed by atoms with Crippen LogP contribution < -0.4 is 5.73 Å². The Bertz CT molecular complexity index is 1230. The van der Waals surface area contributed by atoms with Crippen LogP contribution in [0.4, 0.5) is 13.2 Å². The molecule has 33 heavy (non-hydrogen) atoms. The lowest BCUT2D eigenvalue weighted by Gasteiger charge is -2.28. The normalized spacial score (nSPS) is 20.5. The molecule has 172 valence electrons. The van der Waals surface area contributed by atoms with Gasteiger partial charge in [-0.05, 0) is 42.0 Å². The van der Waals surface area contributed by atoms with E-state index in [0.717, 1.165) is 19.4 Å². The topological polar surface area (TPSA) is 81.1 Å². The molecule has 1 unspecified atom stereocenters. The van der Waals surface area contributed by atoms with E-state index in [9.17, 15) is 23.1 Å². The largest absolute Gasteiger partial charge is 0.425 e. The van der Waals surface area contributed by atoms with Crippen LogP contribution in [0.15, 0.2) is 48.8 Å². The van der Waals surface area contributed by atoms with Gasteiger partial charge in [0.05, 0.1) is 6.20 Å². The van der Waals surface area contributed by atoms with Gasteiger partial charge in [0.2, 0.25) is 11.5 Å². The highest BCUT2D eigenvalue weighted by atomic mass is 19.4. The van der Waals surface area contributed by atoms with Crippen LogP contribution >= 0.6 is 0 Å². The third-order valence-corrected chi connectivity index (χ3v) is 6.93. The van der Waals surface area contributed by atoms with Crippen LogP contribution in [-0.4, -0.2) is 27.0 Å². The number of halogens is 3. The van der Waals surface area contributed by atoms with Crippen molar-refractivity contribution in [1.29, 1.82) is 0 Å². The standard InChI is InChI=1S/C25H24F3N3O2/c26-25(27,28)24(33)20-9-5-4-8-18(20)22-19(23(29)32)10-16(11-21(22)24)17-12-30-31(14-17)13-15-6-2-1-3-7-15/h4-5,8-12,14-15,33H,1-3,6-7,13H2,(H2,29,32). The monoisotopic (exact) mass is 455 g/mol. The lowest BCUT2D eigenvalue weighted by molar-refractivity contribution is -0.246. The van der Waals surface area contributed by atoms with Crippen LogP contribution in [0.2, 0.25) is 0 Å². The summed E-state index contributed by atoms with van der Waals surface area (Å²) in [6, 6.07) is 8.49. The van der Waals surface area contributed by atoms with Gasteiger partial charge >= 0.3 is 6.18 Å². The second-order valence-electron chi connectivity index (χ2n) is 9.02. The van der Waals surface area contributed by atoms with Crippen molar-refractivity contribution in [2.45, 2.75) is 50.4 Å². The van der Waals surface area contributed by atoms with Crippen molar-refractivity contribution >= 4 is 5.91 Å². The first-order valence-electron chi connectivity index (χ1n) is 11.1. The number of nitrogens with zero attached hydrogens (tertiary/aromatic N) is 2.